The Hall–Kier alpha value is -3.05. The molecular weight excluding hydrogens is 664 g/mol. The number of ether oxygens (including phenoxy) is 14. The molecule has 0 N–H and O–H groups in total. The maximum absolute atomic E-state index is 6.12. The average Bonchev–Trinajstić information content (AvgIpc) is 3.12. The van der Waals surface area contributed by atoms with Gasteiger partial charge in [0.2, 0.25) is 0 Å². The highest BCUT2D eigenvalue weighted by molar-refractivity contribution is 7.98. The molecule has 280 valence electrons. The minimum Gasteiger partial charge on any atom is -0.492 e. The molecule has 0 bridgehead atoms. The van der Waals surface area contributed by atoms with Gasteiger partial charge in [0.05, 0.1) is 39.9 Å². The molecule has 0 saturated heterocycles. The van der Waals surface area contributed by atoms with Crippen molar-refractivity contribution < 1.29 is 66.3 Å². The van der Waals surface area contributed by atoms with Gasteiger partial charge in [0.25, 0.3) is 0 Å². The van der Waals surface area contributed by atoms with Crippen LogP contribution in [0.1, 0.15) is 36.0 Å². The SMILES string of the molecule is COCOCCc1c(OC)c(OCOC)c(CCCCCc2c(OCOC)c(OC)c(SC)c(OCOC)c2OC)c(OC)c1OCOC. The van der Waals surface area contributed by atoms with Crippen LogP contribution < -0.4 is 37.9 Å². The molecule has 0 unspecified atom stereocenters. The van der Waals surface area contributed by atoms with Crippen LogP contribution in [-0.2, 0) is 47.7 Å². The van der Waals surface area contributed by atoms with E-state index >= 15 is 0 Å². The molecule has 0 aliphatic rings. The standard InChI is InChI=1S/C34H54O14S/c1-35-18-44-17-16-25-27(41-7)29(45-19-36-2)23(26(40-6)30(25)46-20-37-3)14-12-11-13-15-24-28(42-8)33(48-22-39-5)34(49-10)32(43-9)31(24)47-21-38-4/h11-22H2,1-10H3. The van der Waals surface area contributed by atoms with E-state index in [1.165, 1.54) is 11.8 Å². The molecule has 0 aromatic heterocycles. The first-order valence-corrected chi connectivity index (χ1v) is 16.9. The molecule has 0 saturated carbocycles. The predicted molar refractivity (Wildman–Crippen MR) is 184 cm³/mol. The van der Waals surface area contributed by atoms with E-state index in [0.29, 0.717) is 77.4 Å². The molecule has 0 fully saturated rings. The second-order valence-electron chi connectivity index (χ2n) is 10.2. The molecule has 15 heteroatoms. The Balaban J connectivity index is 2.48. The highest BCUT2D eigenvalue weighted by Gasteiger charge is 2.30. The summed E-state index contributed by atoms with van der Waals surface area (Å²) in [6, 6.07) is 0. The zero-order valence-corrected chi connectivity index (χ0v) is 31.4. The Bertz CT molecular complexity index is 1240. The molecule has 14 nitrogen and oxygen atoms in total. The van der Waals surface area contributed by atoms with Crippen molar-refractivity contribution in [1.82, 2.24) is 0 Å². The molecule has 0 aliphatic carbocycles. The number of hydrogen-bond acceptors (Lipinski definition) is 15. The number of unbranched alkanes of at least 4 members (excludes halogenated alkanes) is 2. The van der Waals surface area contributed by atoms with Gasteiger partial charge in [-0.25, -0.2) is 0 Å². The first-order valence-electron chi connectivity index (χ1n) is 15.7. The second kappa shape index (κ2) is 24.2. The van der Waals surface area contributed by atoms with Crippen LogP contribution in [0.5, 0.6) is 46.0 Å². The molecule has 2 rings (SSSR count). The quantitative estimate of drug-likeness (QED) is 0.0624. The smallest absolute Gasteiger partial charge is 0.188 e. The van der Waals surface area contributed by atoms with E-state index in [0.717, 1.165) is 35.3 Å². The zero-order chi connectivity index (χ0) is 36.0. The summed E-state index contributed by atoms with van der Waals surface area (Å²) in [5, 5.41) is 0. The minimum atomic E-state index is 0.00728. The monoisotopic (exact) mass is 718 g/mol. The Morgan fingerprint density at radius 2 is 0.755 bits per heavy atom. The Morgan fingerprint density at radius 3 is 1.14 bits per heavy atom. The van der Waals surface area contributed by atoms with Gasteiger partial charge in [0, 0.05) is 58.7 Å². The number of rotatable bonds is 28. The van der Waals surface area contributed by atoms with Gasteiger partial charge >= 0.3 is 0 Å². The lowest BCUT2D eigenvalue weighted by molar-refractivity contribution is -0.0296. The lowest BCUT2D eigenvalue weighted by Crippen LogP contribution is -2.13. The number of thioether (sulfide) groups is 1. The Kier molecular flexibility index (Phi) is 20.8. The molecule has 0 radical (unpaired) electrons. The molecular formula is C34H54O14S. The third kappa shape index (κ3) is 11.5. The molecule has 0 amide bonds. The van der Waals surface area contributed by atoms with Crippen molar-refractivity contribution in [3.63, 3.8) is 0 Å². The molecule has 2 aromatic rings. The fourth-order valence-electron chi connectivity index (χ4n) is 5.30. The second-order valence-corrected chi connectivity index (χ2v) is 11.1. The fraction of sp³-hybridized carbons (Fsp3) is 0.647. The van der Waals surface area contributed by atoms with E-state index in [2.05, 4.69) is 0 Å². The zero-order valence-electron chi connectivity index (χ0n) is 30.6. The number of benzene rings is 2. The summed E-state index contributed by atoms with van der Waals surface area (Å²) in [6.07, 6.45) is 5.93. The first kappa shape index (κ1) is 42.1. The molecule has 2 aromatic carbocycles. The van der Waals surface area contributed by atoms with Crippen molar-refractivity contribution in [1.29, 1.82) is 0 Å². The van der Waals surface area contributed by atoms with E-state index < -0.39 is 0 Å². The van der Waals surface area contributed by atoms with Gasteiger partial charge in [-0.05, 0) is 31.9 Å². The molecule has 0 atom stereocenters. The van der Waals surface area contributed by atoms with Crippen LogP contribution in [0.3, 0.4) is 0 Å². The molecule has 0 spiro atoms. The summed E-state index contributed by atoms with van der Waals surface area (Å²) in [5.74, 6) is 4.22. The Labute approximate surface area is 294 Å². The van der Waals surface area contributed by atoms with Gasteiger partial charge in [-0.3, -0.25) is 0 Å². The van der Waals surface area contributed by atoms with E-state index in [-0.39, 0.29) is 34.0 Å². The Morgan fingerprint density at radius 1 is 0.388 bits per heavy atom. The lowest BCUT2D eigenvalue weighted by Gasteiger charge is -2.25. The van der Waals surface area contributed by atoms with Gasteiger partial charge < -0.3 is 66.3 Å². The fourth-order valence-corrected chi connectivity index (χ4v) is 6.00. The summed E-state index contributed by atoms with van der Waals surface area (Å²) in [5.41, 5.74) is 2.30. The van der Waals surface area contributed by atoms with E-state index in [1.807, 2.05) is 6.26 Å². The van der Waals surface area contributed by atoms with Gasteiger partial charge in [0.15, 0.2) is 73.2 Å². The third-order valence-electron chi connectivity index (χ3n) is 7.24. The van der Waals surface area contributed by atoms with Gasteiger partial charge in [0.1, 0.15) is 6.79 Å². The molecule has 0 heterocycles. The van der Waals surface area contributed by atoms with Gasteiger partial charge in [-0.1, -0.05) is 6.42 Å². The van der Waals surface area contributed by atoms with Crippen LogP contribution in [0.4, 0.5) is 0 Å². The molecule has 49 heavy (non-hydrogen) atoms. The first-order chi connectivity index (χ1) is 24.0. The van der Waals surface area contributed by atoms with Crippen LogP contribution in [-0.4, -0.2) is 111 Å². The minimum absolute atomic E-state index is 0.00728. The third-order valence-corrected chi connectivity index (χ3v) is 8.02. The van der Waals surface area contributed by atoms with Crippen LogP contribution in [0.25, 0.3) is 0 Å². The molecule has 0 aliphatic heterocycles. The van der Waals surface area contributed by atoms with Crippen molar-refractivity contribution in [2.24, 2.45) is 0 Å². The van der Waals surface area contributed by atoms with E-state index in [4.69, 9.17) is 66.3 Å². The van der Waals surface area contributed by atoms with E-state index in [9.17, 15) is 0 Å². The summed E-state index contributed by atoms with van der Waals surface area (Å²) in [7, 11) is 14.2. The van der Waals surface area contributed by atoms with E-state index in [1.54, 1.807) is 64.0 Å². The summed E-state index contributed by atoms with van der Waals surface area (Å²) >= 11 is 1.46. The van der Waals surface area contributed by atoms with Crippen molar-refractivity contribution >= 4 is 11.8 Å². The van der Waals surface area contributed by atoms with Crippen LogP contribution in [0.2, 0.25) is 0 Å². The maximum Gasteiger partial charge on any atom is 0.188 e. The van der Waals surface area contributed by atoms with Gasteiger partial charge in [-0.2, -0.15) is 0 Å². The summed E-state index contributed by atoms with van der Waals surface area (Å²) in [6.45, 7) is 0.592. The van der Waals surface area contributed by atoms with Crippen molar-refractivity contribution in [3.05, 3.63) is 16.7 Å². The highest BCUT2D eigenvalue weighted by atomic mass is 32.2. The maximum atomic E-state index is 6.12. The predicted octanol–water partition coefficient (Wildman–Crippen LogP) is 5.49. The lowest BCUT2D eigenvalue weighted by atomic mass is 9.97. The van der Waals surface area contributed by atoms with Crippen molar-refractivity contribution in [2.75, 3.05) is 111 Å². The number of methoxy groups -OCH3 is 9. The largest absolute Gasteiger partial charge is 0.492 e. The van der Waals surface area contributed by atoms with Crippen molar-refractivity contribution in [3.8, 4) is 46.0 Å². The van der Waals surface area contributed by atoms with Crippen molar-refractivity contribution in [2.45, 2.75) is 43.4 Å². The van der Waals surface area contributed by atoms with Crippen LogP contribution in [0, 0.1) is 0 Å². The van der Waals surface area contributed by atoms with Crippen LogP contribution in [0.15, 0.2) is 4.90 Å². The average molecular weight is 719 g/mol. The highest BCUT2D eigenvalue weighted by Crippen LogP contribution is 2.53. The van der Waals surface area contributed by atoms with Crippen LogP contribution >= 0.6 is 11.8 Å². The topological polar surface area (TPSA) is 129 Å². The van der Waals surface area contributed by atoms with Gasteiger partial charge in [-0.15, -0.1) is 11.8 Å². The normalized spacial score (nSPS) is 11.0. The summed E-state index contributed by atoms with van der Waals surface area (Å²) < 4.78 is 79.4. The summed E-state index contributed by atoms with van der Waals surface area (Å²) in [4.78, 5) is 0.732. The number of hydrogen-bond donors (Lipinski definition) is 0.